The summed E-state index contributed by atoms with van der Waals surface area (Å²) < 4.78 is 5.34. The zero-order valence-corrected chi connectivity index (χ0v) is 9.24. The lowest BCUT2D eigenvalue weighted by Gasteiger charge is -2.17. The summed E-state index contributed by atoms with van der Waals surface area (Å²) in [4.78, 5) is 0. The molecule has 0 aliphatic rings. The van der Waals surface area contributed by atoms with E-state index in [1.54, 1.807) is 14.0 Å². The minimum absolute atomic E-state index is 0.406. The maximum Gasteiger partial charge on any atom is 0.128 e. The summed E-state index contributed by atoms with van der Waals surface area (Å²) in [5.41, 5.74) is 2.00. The van der Waals surface area contributed by atoms with Crippen molar-refractivity contribution in [2.45, 2.75) is 32.8 Å². The van der Waals surface area contributed by atoms with Crippen LogP contribution in [0.5, 0.6) is 5.75 Å². The van der Waals surface area contributed by atoms with E-state index < -0.39 is 6.10 Å². The van der Waals surface area contributed by atoms with Crippen LogP contribution in [0.2, 0.25) is 0 Å². The van der Waals surface area contributed by atoms with Gasteiger partial charge in [0.1, 0.15) is 5.75 Å². The first-order chi connectivity index (χ1) is 6.57. The van der Waals surface area contributed by atoms with E-state index in [4.69, 9.17) is 4.74 Å². The monoisotopic (exact) mass is 194 g/mol. The molecule has 1 aromatic carbocycles. The Kier molecular flexibility index (Phi) is 3.53. The number of hydrogen-bond acceptors (Lipinski definition) is 2. The highest BCUT2D eigenvalue weighted by Gasteiger charge is 2.14. The van der Waals surface area contributed by atoms with Gasteiger partial charge in [-0.1, -0.05) is 32.0 Å². The van der Waals surface area contributed by atoms with Crippen LogP contribution < -0.4 is 4.74 Å². The average molecular weight is 194 g/mol. The second-order valence-electron chi connectivity index (χ2n) is 3.80. The molecule has 0 aliphatic heterocycles. The normalized spacial score (nSPS) is 13.0. The summed E-state index contributed by atoms with van der Waals surface area (Å²) in [6.45, 7) is 5.98. The van der Waals surface area contributed by atoms with E-state index in [9.17, 15) is 5.11 Å². The highest BCUT2D eigenvalue weighted by molar-refractivity contribution is 5.44. The Hall–Kier alpha value is -1.02. The Balaban J connectivity index is 3.25. The van der Waals surface area contributed by atoms with E-state index in [1.807, 2.05) is 18.2 Å². The van der Waals surface area contributed by atoms with Gasteiger partial charge in [-0.15, -0.1) is 0 Å². The van der Waals surface area contributed by atoms with Gasteiger partial charge in [-0.05, 0) is 18.4 Å². The first-order valence-electron chi connectivity index (χ1n) is 4.92. The van der Waals surface area contributed by atoms with Gasteiger partial charge in [0, 0.05) is 5.56 Å². The standard InChI is InChI=1S/C12H18O2/c1-8(2)10-6-5-7-11(9(3)13)12(10)14-4/h5-9,13H,1-4H3. The summed E-state index contributed by atoms with van der Waals surface area (Å²) in [5, 5.41) is 9.56. The third-order valence-corrected chi connectivity index (χ3v) is 2.35. The van der Waals surface area contributed by atoms with Crippen LogP contribution in [0.15, 0.2) is 18.2 Å². The molecule has 0 saturated heterocycles. The van der Waals surface area contributed by atoms with Crippen molar-refractivity contribution in [2.24, 2.45) is 0 Å². The lowest BCUT2D eigenvalue weighted by Crippen LogP contribution is -2.01. The SMILES string of the molecule is COc1c(C(C)C)cccc1C(C)O. The molecule has 0 radical (unpaired) electrons. The van der Waals surface area contributed by atoms with Gasteiger partial charge in [0.15, 0.2) is 0 Å². The second kappa shape index (κ2) is 4.47. The number of aliphatic hydroxyl groups excluding tert-OH is 1. The fraction of sp³-hybridized carbons (Fsp3) is 0.500. The van der Waals surface area contributed by atoms with Gasteiger partial charge in [0.2, 0.25) is 0 Å². The van der Waals surface area contributed by atoms with Crippen molar-refractivity contribution in [3.63, 3.8) is 0 Å². The van der Waals surface area contributed by atoms with Crippen LogP contribution in [0.3, 0.4) is 0 Å². The predicted octanol–water partition coefficient (Wildman–Crippen LogP) is 2.87. The van der Waals surface area contributed by atoms with Gasteiger partial charge in [0.05, 0.1) is 13.2 Å². The summed E-state index contributed by atoms with van der Waals surface area (Å²) in [6.07, 6.45) is -0.483. The first kappa shape index (κ1) is 11.1. The van der Waals surface area contributed by atoms with Crippen LogP contribution in [-0.2, 0) is 0 Å². The smallest absolute Gasteiger partial charge is 0.128 e. The molecule has 0 amide bonds. The third-order valence-electron chi connectivity index (χ3n) is 2.35. The molecule has 1 unspecified atom stereocenters. The fourth-order valence-electron chi connectivity index (χ4n) is 1.59. The number of hydrogen-bond donors (Lipinski definition) is 1. The van der Waals surface area contributed by atoms with E-state index in [1.165, 1.54) is 0 Å². The van der Waals surface area contributed by atoms with Crippen LogP contribution in [0.25, 0.3) is 0 Å². The molecule has 2 heteroatoms. The molecule has 14 heavy (non-hydrogen) atoms. The number of ether oxygens (including phenoxy) is 1. The zero-order chi connectivity index (χ0) is 10.7. The maximum atomic E-state index is 9.56. The van der Waals surface area contributed by atoms with Crippen molar-refractivity contribution in [2.75, 3.05) is 7.11 Å². The van der Waals surface area contributed by atoms with Gasteiger partial charge in [-0.2, -0.15) is 0 Å². The van der Waals surface area contributed by atoms with Crippen molar-refractivity contribution in [1.82, 2.24) is 0 Å². The largest absolute Gasteiger partial charge is 0.496 e. The Labute approximate surface area is 85.5 Å². The van der Waals surface area contributed by atoms with Crippen LogP contribution in [-0.4, -0.2) is 12.2 Å². The van der Waals surface area contributed by atoms with Crippen molar-refractivity contribution in [1.29, 1.82) is 0 Å². The molecule has 0 saturated carbocycles. The fourth-order valence-corrected chi connectivity index (χ4v) is 1.59. The van der Waals surface area contributed by atoms with Crippen molar-refractivity contribution in [3.8, 4) is 5.75 Å². The van der Waals surface area contributed by atoms with Gasteiger partial charge < -0.3 is 9.84 Å². The van der Waals surface area contributed by atoms with Crippen molar-refractivity contribution in [3.05, 3.63) is 29.3 Å². The average Bonchev–Trinajstić information content (AvgIpc) is 2.16. The number of methoxy groups -OCH3 is 1. The Bertz CT molecular complexity index is 277. The highest BCUT2D eigenvalue weighted by Crippen LogP contribution is 2.33. The van der Waals surface area contributed by atoms with Crippen LogP contribution in [0.1, 0.15) is 43.9 Å². The quantitative estimate of drug-likeness (QED) is 0.801. The van der Waals surface area contributed by atoms with Gasteiger partial charge >= 0.3 is 0 Å². The molecule has 78 valence electrons. The minimum atomic E-state index is -0.483. The van der Waals surface area contributed by atoms with Gasteiger partial charge in [-0.25, -0.2) is 0 Å². The molecule has 0 fully saturated rings. The molecular formula is C12H18O2. The number of benzene rings is 1. The summed E-state index contributed by atoms with van der Waals surface area (Å²) in [6, 6.07) is 5.89. The first-order valence-corrected chi connectivity index (χ1v) is 4.92. The zero-order valence-electron chi connectivity index (χ0n) is 9.24. The van der Waals surface area contributed by atoms with Crippen LogP contribution >= 0.6 is 0 Å². The molecule has 1 aromatic rings. The molecule has 1 N–H and O–H groups in total. The molecule has 1 rings (SSSR count). The van der Waals surface area contributed by atoms with Gasteiger partial charge in [-0.3, -0.25) is 0 Å². The highest BCUT2D eigenvalue weighted by atomic mass is 16.5. The summed E-state index contributed by atoms with van der Waals surface area (Å²) >= 11 is 0. The molecule has 0 aliphatic carbocycles. The molecule has 0 heterocycles. The minimum Gasteiger partial charge on any atom is -0.496 e. The van der Waals surface area contributed by atoms with Crippen molar-refractivity contribution >= 4 is 0 Å². The molecule has 0 bridgehead atoms. The molecule has 0 spiro atoms. The lowest BCUT2D eigenvalue weighted by molar-refractivity contribution is 0.194. The summed E-state index contributed by atoms with van der Waals surface area (Å²) in [5.74, 6) is 1.22. The van der Waals surface area contributed by atoms with Crippen LogP contribution in [0.4, 0.5) is 0 Å². The van der Waals surface area contributed by atoms with E-state index in [0.29, 0.717) is 5.92 Å². The Morgan fingerprint density at radius 2 is 1.71 bits per heavy atom. The predicted molar refractivity (Wildman–Crippen MR) is 57.7 cm³/mol. The topological polar surface area (TPSA) is 29.5 Å². The summed E-state index contributed by atoms with van der Waals surface area (Å²) in [7, 11) is 1.65. The Morgan fingerprint density at radius 1 is 1.14 bits per heavy atom. The van der Waals surface area contributed by atoms with E-state index in [-0.39, 0.29) is 0 Å². The molecular weight excluding hydrogens is 176 g/mol. The number of rotatable bonds is 3. The lowest BCUT2D eigenvalue weighted by atomic mass is 9.97. The number of aliphatic hydroxyl groups is 1. The van der Waals surface area contributed by atoms with Crippen LogP contribution in [0, 0.1) is 0 Å². The van der Waals surface area contributed by atoms with E-state index in [0.717, 1.165) is 16.9 Å². The van der Waals surface area contributed by atoms with Gasteiger partial charge in [0.25, 0.3) is 0 Å². The van der Waals surface area contributed by atoms with Crippen molar-refractivity contribution < 1.29 is 9.84 Å². The molecule has 1 atom stereocenters. The second-order valence-corrected chi connectivity index (χ2v) is 3.80. The van der Waals surface area contributed by atoms with E-state index in [2.05, 4.69) is 13.8 Å². The molecule has 2 nitrogen and oxygen atoms in total. The number of para-hydroxylation sites is 1. The molecule has 0 aromatic heterocycles. The third kappa shape index (κ3) is 2.07. The Morgan fingerprint density at radius 3 is 2.14 bits per heavy atom. The maximum absolute atomic E-state index is 9.56. The van der Waals surface area contributed by atoms with E-state index >= 15 is 0 Å².